The smallest absolute Gasteiger partial charge is 0.0615 e. The molecule has 4 heteroatoms. The number of rotatable bonds is 5. The molecule has 0 spiro atoms. The van der Waals surface area contributed by atoms with Gasteiger partial charge in [0.1, 0.15) is 0 Å². The van der Waals surface area contributed by atoms with Crippen molar-refractivity contribution in [2.75, 3.05) is 33.0 Å². The summed E-state index contributed by atoms with van der Waals surface area (Å²) < 4.78 is 5.28. The van der Waals surface area contributed by atoms with Gasteiger partial charge in [-0.15, -0.1) is 0 Å². The Morgan fingerprint density at radius 1 is 1.27 bits per heavy atom. The van der Waals surface area contributed by atoms with E-state index in [1.165, 1.54) is 0 Å². The highest BCUT2D eigenvalue weighted by atomic mass is 16.5. The molecule has 1 aliphatic rings. The Labute approximate surface area is 91.6 Å². The van der Waals surface area contributed by atoms with Crippen LogP contribution in [0.25, 0.3) is 0 Å². The van der Waals surface area contributed by atoms with Crippen molar-refractivity contribution in [2.45, 2.75) is 32.2 Å². The van der Waals surface area contributed by atoms with Gasteiger partial charge >= 0.3 is 0 Å². The molecular weight excluding hydrogens is 194 g/mol. The molecule has 1 aliphatic heterocycles. The van der Waals surface area contributed by atoms with Crippen molar-refractivity contribution in [1.82, 2.24) is 5.32 Å². The summed E-state index contributed by atoms with van der Waals surface area (Å²) in [6, 6.07) is 0. The molecular formula is C11H23NO3. The van der Waals surface area contributed by atoms with Crippen LogP contribution < -0.4 is 5.32 Å². The average molecular weight is 217 g/mol. The first kappa shape index (κ1) is 12.9. The number of aliphatic hydroxyl groups is 2. The maximum Gasteiger partial charge on any atom is 0.0615 e. The van der Waals surface area contributed by atoms with E-state index in [2.05, 4.69) is 5.32 Å². The highest BCUT2D eigenvalue weighted by molar-refractivity contribution is 4.91. The van der Waals surface area contributed by atoms with E-state index in [4.69, 9.17) is 9.84 Å². The van der Waals surface area contributed by atoms with Crippen LogP contribution in [0.2, 0.25) is 0 Å². The van der Waals surface area contributed by atoms with E-state index in [1.54, 1.807) is 0 Å². The number of nitrogens with one attached hydrogen (secondary N) is 1. The van der Waals surface area contributed by atoms with Gasteiger partial charge in [0.15, 0.2) is 0 Å². The third kappa shape index (κ3) is 3.72. The zero-order valence-corrected chi connectivity index (χ0v) is 9.75. The highest BCUT2D eigenvalue weighted by Crippen LogP contribution is 2.22. The third-order valence-electron chi connectivity index (χ3n) is 3.12. The standard InChI is InChI=1S/C11H23NO3/c1-10(2,8-13)7-12-11(9-14)3-5-15-6-4-11/h12-14H,3-9H2,1-2H3. The van der Waals surface area contributed by atoms with Crippen LogP contribution in [0, 0.1) is 5.41 Å². The zero-order valence-electron chi connectivity index (χ0n) is 9.75. The first-order chi connectivity index (χ1) is 7.04. The van der Waals surface area contributed by atoms with Crippen molar-refractivity contribution in [2.24, 2.45) is 5.41 Å². The molecule has 0 aromatic rings. The topological polar surface area (TPSA) is 61.7 Å². The van der Waals surface area contributed by atoms with E-state index in [0.717, 1.165) is 12.8 Å². The van der Waals surface area contributed by atoms with E-state index in [0.29, 0.717) is 19.8 Å². The number of hydrogen-bond donors (Lipinski definition) is 3. The van der Waals surface area contributed by atoms with Gasteiger partial charge in [-0.1, -0.05) is 13.8 Å². The molecule has 4 nitrogen and oxygen atoms in total. The maximum atomic E-state index is 9.43. The molecule has 0 unspecified atom stereocenters. The lowest BCUT2D eigenvalue weighted by Gasteiger charge is -2.39. The fraction of sp³-hybridized carbons (Fsp3) is 1.00. The van der Waals surface area contributed by atoms with Crippen LogP contribution in [-0.4, -0.2) is 48.7 Å². The first-order valence-electron chi connectivity index (χ1n) is 5.58. The van der Waals surface area contributed by atoms with Crippen LogP contribution in [0.3, 0.4) is 0 Å². The summed E-state index contributed by atoms with van der Waals surface area (Å²) in [4.78, 5) is 0. The predicted octanol–water partition coefficient (Wildman–Crippen LogP) is 0.136. The second-order valence-corrected chi connectivity index (χ2v) is 5.23. The van der Waals surface area contributed by atoms with Gasteiger partial charge in [-0.05, 0) is 12.8 Å². The van der Waals surface area contributed by atoms with E-state index >= 15 is 0 Å². The molecule has 0 aromatic carbocycles. The Balaban J connectivity index is 2.45. The van der Waals surface area contributed by atoms with Crippen LogP contribution in [0.1, 0.15) is 26.7 Å². The predicted molar refractivity (Wildman–Crippen MR) is 58.7 cm³/mol. The molecule has 3 N–H and O–H groups in total. The second-order valence-electron chi connectivity index (χ2n) is 5.23. The minimum Gasteiger partial charge on any atom is -0.396 e. The Morgan fingerprint density at radius 3 is 2.33 bits per heavy atom. The number of ether oxygens (including phenoxy) is 1. The van der Waals surface area contributed by atoms with E-state index in [1.807, 2.05) is 13.8 Å². The average Bonchev–Trinajstić information content (AvgIpc) is 2.28. The Kier molecular flexibility index (Phi) is 4.52. The molecule has 1 rings (SSSR count). The molecule has 0 saturated carbocycles. The van der Waals surface area contributed by atoms with Gasteiger partial charge in [-0.25, -0.2) is 0 Å². The van der Waals surface area contributed by atoms with Crippen LogP contribution in [0.15, 0.2) is 0 Å². The van der Waals surface area contributed by atoms with Crippen LogP contribution in [0.5, 0.6) is 0 Å². The van der Waals surface area contributed by atoms with E-state index in [-0.39, 0.29) is 24.2 Å². The monoisotopic (exact) mass is 217 g/mol. The van der Waals surface area contributed by atoms with Gasteiger partial charge in [-0.3, -0.25) is 0 Å². The molecule has 0 radical (unpaired) electrons. The van der Waals surface area contributed by atoms with Gasteiger partial charge in [0.2, 0.25) is 0 Å². The molecule has 1 heterocycles. The lowest BCUT2D eigenvalue weighted by molar-refractivity contribution is 0.00518. The van der Waals surface area contributed by atoms with Crippen molar-refractivity contribution in [3.63, 3.8) is 0 Å². The quantitative estimate of drug-likeness (QED) is 0.613. The zero-order chi connectivity index (χ0) is 11.4. The SMILES string of the molecule is CC(C)(CO)CNC1(CO)CCOCC1. The fourth-order valence-corrected chi connectivity index (χ4v) is 1.64. The summed E-state index contributed by atoms with van der Waals surface area (Å²) in [5.41, 5.74) is -0.342. The van der Waals surface area contributed by atoms with Crippen LogP contribution in [0.4, 0.5) is 0 Å². The van der Waals surface area contributed by atoms with Crippen molar-refractivity contribution in [3.05, 3.63) is 0 Å². The second kappa shape index (κ2) is 5.25. The summed E-state index contributed by atoms with van der Waals surface area (Å²) in [5.74, 6) is 0. The molecule has 0 aromatic heterocycles. The van der Waals surface area contributed by atoms with E-state index in [9.17, 15) is 5.11 Å². The van der Waals surface area contributed by atoms with Crippen LogP contribution >= 0.6 is 0 Å². The number of aliphatic hydroxyl groups excluding tert-OH is 2. The van der Waals surface area contributed by atoms with Gasteiger partial charge in [0, 0.05) is 37.3 Å². The van der Waals surface area contributed by atoms with Crippen molar-refractivity contribution in [1.29, 1.82) is 0 Å². The molecule has 1 saturated heterocycles. The molecule has 0 atom stereocenters. The van der Waals surface area contributed by atoms with E-state index < -0.39 is 0 Å². The highest BCUT2D eigenvalue weighted by Gasteiger charge is 2.33. The molecule has 0 bridgehead atoms. The minimum absolute atomic E-state index is 0.137. The van der Waals surface area contributed by atoms with Crippen LogP contribution in [-0.2, 0) is 4.74 Å². The first-order valence-corrected chi connectivity index (χ1v) is 5.58. The summed E-state index contributed by atoms with van der Waals surface area (Å²) in [5, 5.41) is 22.0. The molecule has 90 valence electrons. The minimum atomic E-state index is -0.204. The summed E-state index contributed by atoms with van der Waals surface area (Å²) in [6.45, 7) is 6.41. The summed E-state index contributed by atoms with van der Waals surface area (Å²) >= 11 is 0. The normalized spacial score (nSPS) is 21.6. The lowest BCUT2D eigenvalue weighted by Crippen LogP contribution is -2.55. The van der Waals surface area contributed by atoms with Crippen molar-refractivity contribution < 1.29 is 14.9 Å². The van der Waals surface area contributed by atoms with Gasteiger partial charge < -0.3 is 20.3 Å². The summed E-state index contributed by atoms with van der Waals surface area (Å²) in [7, 11) is 0. The molecule has 0 amide bonds. The molecule has 1 fully saturated rings. The van der Waals surface area contributed by atoms with Crippen molar-refractivity contribution >= 4 is 0 Å². The fourth-order valence-electron chi connectivity index (χ4n) is 1.64. The Bertz CT molecular complexity index is 188. The lowest BCUT2D eigenvalue weighted by atomic mass is 9.87. The Morgan fingerprint density at radius 2 is 1.87 bits per heavy atom. The van der Waals surface area contributed by atoms with Crippen molar-refractivity contribution in [3.8, 4) is 0 Å². The largest absolute Gasteiger partial charge is 0.396 e. The van der Waals surface area contributed by atoms with Gasteiger partial charge in [-0.2, -0.15) is 0 Å². The molecule has 15 heavy (non-hydrogen) atoms. The Hall–Kier alpha value is -0.160. The van der Waals surface area contributed by atoms with Gasteiger partial charge in [0.05, 0.1) is 6.61 Å². The molecule has 0 aliphatic carbocycles. The summed E-state index contributed by atoms with van der Waals surface area (Å²) in [6.07, 6.45) is 1.68. The third-order valence-corrected chi connectivity index (χ3v) is 3.12. The van der Waals surface area contributed by atoms with Gasteiger partial charge in [0.25, 0.3) is 0 Å². The number of hydrogen-bond acceptors (Lipinski definition) is 4. The maximum absolute atomic E-state index is 9.43.